The second-order valence-corrected chi connectivity index (χ2v) is 6.77. The van der Waals surface area contributed by atoms with Gasteiger partial charge >= 0.3 is 0 Å². The molecule has 0 fully saturated rings. The Morgan fingerprint density at radius 3 is 2.16 bits per heavy atom. The Bertz CT molecular complexity index is 1180. The molecule has 0 spiro atoms. The number of amides is 3. The van der Waals surface area contributed by atoms with E-state index in [0.29, 0.717) is 0 Å². The number of hydrogen-bond acceptors (Lipinski definition) is 6. The first-order valence-corrected chi connectivity index (χ1v) is 9.49. The highest BCUT2D eigenvalue weighted by atomic mass is 16.5. The average Bonchev–Trinajstić information content (AvgIpc) is 2.81. The maximum Gasteiger partial charge on any atom is 0.267 e. The van der Waals surface area contributed by atoms with Crippen LogP contribution in [0.2, 0.25) is 0 Å². The van der Waals surface area contributed by atoms with Crippen LogP contribution in [0.5, 0.6) is 5.88 Å². The van der Waals surface area contributed by atoms with Crippen LogP contribution in [0.25, 0.3) is 11.1 Å². The number of nitrogens with one attached hydrogen (secondary N) is 4. The molecule has 0 saturated heterocycles. The van der Waals surface area contributed by atoms with E-state index in [1.165, 1.54) is 5.48 Å². The number of aromatic amines is 1. The first-order valence-electron chi connectivity index (χ1n) is 9.49. The summed E-state index contributed by atoms with van der Waals surface area (Å²) in [5.41, 5.74) is 2.75. The highest BCUT2D eigenvalue weighted by molar-refractivity contribution is 5.98. The van der Waals surface area contributed by atoms with Crippen LogP contribution in [-0.2, 0) is 4.79 Å². The number of aromatic nitrogens is 1. The van der Waals surface area contributed by atoms with Gasteiger partial charge in [0, 0.05) is 24.2 Å². The second-order valence-electron chi connectivity index (χ2n) is 6.77. The lowest BCUT2D eigenvalue weighted by Gasteiger charge is -2.17. The molecule has 0 aliphatic rings. The van der Waals surface area contributed by atoms with Gasteiger partial charge in [-0.15, -0.1) is 0 Å². The molecule has 0 radical (unpaired) electrons. The number of H-pyrrole nitrogens is 1. The van der Waals surface area contributed by atoms with Crippen molar-refractivity contribution in [2.45, 2.75) is 6.04 Å². The lowest BCUT2D eigenvalue weighted by Crippen LogP contribution is -2.52. The Morgan fingerprint density at radius 1 is 0.875 bits per heavy atom. The van der Waals surface area contributed by atoms with E-state index in [1.807, 2.05) is 30.3 Å². The fourth-order valence-electron chi connectivity index (χ4n) is 2.93. The third-order valence-corrected chi connectivity index (χ3v) is 4.55. The third kappa shape index (κ3) is 5.58. The van der Waals surface area contributed by atoms with Crippen molar-refractivity contribution in [1.82, 2.24) is 21.1 Å². The van der Waals surface area contributed by atoms with Crippen LogP contribution < -0.4 is 21.7 Å². The van der Waals surface area contributed by atoms with E-state index in [-0.39, 0.29) is 17.7 Å². The van der Waals surface area contributed by atoms with Gasteiger partial charge in [-0.05, 0) is 23.3 Å². The van der Waals surface area contributed by atoms with Gasteiger partial charge in [0.2, 0.25) is 0 Å². The molecule has 0 aliphatic heterocycles. The fourth-order valence-corrected chi connectivity index (χ4v) is 2.93. The molecular formula is C22H20N4O6. The molecule has 6 N–H and O–H groups in total. The van der Waals surface area contributed by atoms with Gasteiger partial charge in [-0.2, -0.15) is 0 Å². The van der Waals surface area contributed by atoms with E-state index in [0.717, 1.165) is 23.3 Å². The first kappa shape index (κ1) is 22.2. The van der Waals surface area contributed by atoms with E-state index in [9.17, 15) is 24.3 Å². The average molecular weight is 436 g/mol. The molecule has 0 unspecified atom stereocenters. The zero-order chi connectivity index (χ0) is 23.1. The van der Waals surface area contributed by atoms with Crippen molar-refractivity contribution in [3.05, 3.63) is 88.2 Å². The molecule has 0 bridgehead atoms. The smallest absolute Gasteiger partial charge is 0.267 e. The summed E-state index contributed by atoms with van der Waals surface area (Å²) in [6.07, 6.45) is 0. The summed E-state index contributed by atoms with van der Waals surface area (Å²) in [7, 11) is 0. The van der Waals surface area contributed by atoms with Crippen LogP contribution >= 0.6 is 0 Å². The highest BCUT2D eigenvalue weighted by Gasteiger charge is 2.22. The highest BCUT2D eigenvalue weighted by Crippen LogP contribution is 2.19. The lowest BCUT2D eigenvalue weighted by molar-refractivity contribution is -0.131. The Balaban J connectivity index is 1.67. The largest absolute Gasteiger partial charge is 0.494 e. The van der Waals surface area contributed by atoms with Crippen molar-refractivity contribution in [2.75, 3.05) is 6.54 Å². The van der Waals surface area contributed by atoms with Crippen molar-refractivity contribution in [2.24, 2.45) is 0 Å². The molecular weight excluding hydrogens is 416 g/mol. The number of rotatable bonds is 7. The molecule has 1 atom stereocenters. The molecule has 3 aromatic rings. The molecule has 3 amide bonds. The van der Waals surface area contributed by atoms with Gasteiger partial charge in [-0.1, -0.05) is 42.5 Å². The SMILES string of the molecule is O=C(NC[C@H](NC(=O)c1ccc(-c2ccccc2)cc1)C(=O)NO)c1cc(O)[nH]c(=O)c1. The Kier molecular flexibility index (Phi) is 6.99. The van der Waals surface area contributed by atoms with Crippen LogP contribution in [0.15, 0.2) is 71.5 Å². The monoisotopic (exact) mass is 436 g/mol. The number of pyridine rings is 1. The summed E-state index contributed by atoms with van der Waals surface area (Å²) in [5, 5.41) is 23.2. The summed E-state index contributed by atoms with van der Waals surface area (Å²) in [5.74, 6) is -2.81. The third-order valence-electron chi connectivity index (χ3n) is 4.55. The lowest BCUT2D eigenvalue weighted by atomic mass is 10.0. The van der Waals surface area contributed by atoms with Crippen LogP contribution in [0, 0.1) is 0 Å². The zero-order valence-corrected chi connectivity index (χ0v) is 16.7. The van der Waals surface area contributed by atoms with Gasteiger partial charge in [-0.25, -0.2) is 5.48 Å². The van der Waals surface area contributed by atoms with Gasteiger partial charge in [0.15, 0.2) is 5.88 Å². The molecule has 10 nitrogen and oxygen atoms in total. The van der Waals surface area contributed by atoms with Gasteiger partial charge in [0.05, 0.1) is 5.56 Å². The molecule has 0 aliphatic carbocycles. The van der Waals surface area contributed by atoms with E-state index < -0.39 is 35.2 Å². The van der Waals surface area contributed by atoms with Crippen LogP contribution in [0.3, 0.4) is 0 Å². The van der Waals surface area contributed by atoms with E-state index >= 15 is 0 Å². The van der Waals surface area contributed by atoms with E-state index in [1.54, 1.807) is 24.3 Å². The molecule has 32 heavy (non-hydrogen) atoms. The first-order chi connectivity index (χ1) is 15.4. The molecule has 0 saturated carbocycles. The van der Waals surface area contributed by atoms with Crippen molar-refractivity contribution in [1.29, 1.82) is 0 Å². The summed E-state index contributed by atoms with van der Waals surface area (Å²) in [4.78, 5) is 50.2. The van der Waals surface area contributed by atoms with E-state index in [4.69, 9.17) is 5.21 Å². The van der Waals surface area contributed by atoms with Crippen LogP contribution in [-0.4, -0.2) is 45.6 Å². The van der Waals surface area contributed by atoms with Crippen molar-refractivity contribution < 1.29 is 24.7 Å². The normalized spacial score (nSPS) is 11.3. The van der Waals surface area contributed by atoms with Gasteiger partial charge < -0.3 is 15.7 Å². The standard InChI is InChI=1S/C22H20N4O6/c27-18-10-16(11-19(28)25-18)20(29)23-12-17(22(31)26-32)24-21(30)15-8-6-14(7-9-15)13-4-2-1-3-5-13/h1-11,17,32H,12H2,(H,23,29)(H,24,30)(H,26,31)(H2,25,27,28)/t17-/m0/s1. The summed E-state index contributed by atoms with van der Waals surface area (Å²) in [6.45, 7) is -0.382. The topological polar surface area (TPSA) is 161 Å². The maximum absolute atomic E-state index is 12.6. The molecule has 164 valence electrons. The summed E-state index contributed by atoms with van der Waals surface area (Å²) >= 11 is 0. The zero-order valence-electron chi connectivity index (χ0n) is 16.7. The molecule has 2 aromatic carbocycles. The van der Waals surface area contributed by atoms with Crippen molar-refractivity contribution in [3.63, 3.8) is 0 Å². The minimum absolute atomic E-state index is 0.141. The van der Waals surface area contributed by atoms with Gasteiger partial charge in [0.1, 0.15) is 6.04 Å². The Hall–Kier alpha value is -4.44. The van der Waals surface area contributed by atoms with Gasteiger partial charge in [-0.3, -0.25) is 29.4 Å². The van der Waals surface area contributed by atoms with Crippen LogP contribution in [0.1, 0.15) is 20.7 Å². The maximum atomic E-state index is 12.6. The molecule has 3 rings (SSSR count). The number of carbonyl (C=O) groups is 3. The number of hydroxylamine groups is 1. The molecule has 10 heteroatoms. The van der Waals surface area contributed by atoms with Crippen LogP contribution in [0.4, 0.5) is 0 Å². The number of carbonyl (C=O) groups excluding carboxylic acids is 3. The second kappa shape index (κ2) is 10.0. The fraction of sp³-hybridized carbons (Fsp3) is 0.0909. The van der Waals surface area contributed by atoms with E-state index in [2.05, 4.69) is 15.6 Å². The van der Waals surface area contributed by atoms with Gasteiger partial charge in [0.25, 0.3) is 23.3 Å². The minimum atomic E-state index is -1.30. The number of benzene rings is 2. The quantitative estimate of drug-likeness (QED) is 0.237. The molecule has 1 aromatic heterocycles. The minimum Gasteiger partial charge on any atom is -0.494 e. The Labute approximate surface area is 181 Å². The molecule has 1 heterocycles. The number of hydrogen-bond donors (Lipinski definition) is 6. The predicted molar refractivity (Wildman–Crippen MR) is 114 cm³/mol. The van der Waals surface area contributed by atoms with Crippen molar-refractivity contribution >= 4 is 17.7 Å². The van der Waals surface area contributed by atoms with Crippen molar-refractivity contribution in [3.8, 4) is 17.0 Å². The predicted octanol–water partition coefficient (Wildman–Crippen LogP) is 0.781. The number of aromatic hydroxyl groups is 1. The Morgan fingerprint density at radius 2 is 1.53 bits per heavy atom. The summed E-state index contributed by atoms with van der Waals surface area (Å²) < 4.78 is 0. The summed E-state index contributed by atoms with van der Waals surface area (Å²) in [6, 6.07) is 16.9.